The fourth-order valence-corrected chi connectivity index (χ4v) is 6.08. The number of nitrogens with zero attached hydrogens (tertiary/aromatic N) is 4. The van der Waals surface area contributed by atoms with Gasteiger partial charge in [-0.05, 0) is 65.1 Å². The Morgan fingerprint density at radius 1 is 1.21 bits per heavy atom. The summed E-state index contributed by atoms with van der Waals surface area (Å²) in [5.74, 6) is 0. The molecule has 0 radical (unpaired) electrons. The van der Waals surface area contributed by atoms with Crippen molar-refractivity contribution in [2.75, 3.05) is 39.3 Å². The van der Waals surface area contributed by atoms with Crippen LogP contribution < -0.4 is 0 Å². The van der Waals surface area contributed by atoms with E-state index in [2.05, 4.69) is 15.0 Å². The molecule has 4 heterocycles. The summed E-state index contributed by atoms with van der Waals surface area (Å²) in [5, 5.41) is 4.21. The lowest BCUT2D eigenvalue weighted by Gasteiger charge is -2.61. The highest BCUT2D eigenvalue weighted by Crippen LogP contribution is 2.51. The van der Waals surface area contributed by atoms with Crippen LogP contribution in [0, 0.1) is 5.41 Å². The van der Waals surface area contributed by atoms with Gasteiger partial charge in [0.1, 0.15) is 12.0 Å². The minimum atomic E-state index is -0.135. The number of amides is 1. The van der Waals surface area contributed by atoms with Crippen molar-refractivity contribution in [1.82, 2.24) is 19.9 Å². The summed E-state index contributed by atoms with van der Waals surface area (Å²) >= 11 is 0. The van der Waals surface area contributed by atoms with Gasteiger partial charge in [-0.3, -0.25) is 4.90 Å². The lowest BCUT2D eigenvalue weighted by atomic mass is 9.60. The molecular weight excluding hydrogens is 356 g/mol. The molecule has 1 spiro atoms. The van der Waals surface area contributed by atoms with Gasteiger partial charge in [-0.1, -0.05) is 5.16 Å². The van der Waals surface area contributed by atoms with Crippen LogP contribution in [-0.2, 0) is 4.74 Å². The van der Waals surface area contributed by atoms with Crippen LogP contribution in [-0.4, -0.2) is 77.4 Å². The molecule has 1 aliphatic carbocycles. The molecule has 154 valence electrons. The fourth-order valence-electron chi connectivity index (χ4n) is 6.08. The summed E-state index contributed by atoms with van der Waals surface area (Å²) in [7, 11) is 0. The molecule has 0 N–H and O–H groups in total. The highest BCUT2D eigenvalue weighted by Gasteiger charge is 2.55. The van der Waals surface area contributed by atoms with E-state index in [-0.39, 0.29) is 6.09 Å². The zero-order chi connectivity index (χ0) is 19.1. The van der Waals surface area contributed by atoms with Crippen molar-refractivity contribution >= 4 is 6.09 Å². The molecule has 4 fully saturated rings. The molecule has 3 aliphatic heterocycles. The summed E-state index contributed by atoms with van der Waals surface area (Å²) in [5.41, 5.74) is 1.50. The quantitative estimate of drug-likeness (QED) is 0.790. The molecule has 3 saturated heterocycles. The minimum Gasteiger partial charge on any atom is -0.450 e. The number of hydrogen-bond donors (Lipinski definition) is 0. The first-order chi connectivity index (χ1) is 13.7. The largest absolute Gasteiger partial charge is 0.450 e. The molecule has 1 unspecified atom stereocenters. The lowest BCUT2D eigenvalue weighted by Crippen LogP contribution is -2.68. The Hall–Kier alpha value is -1.60. The summed E-state index contributed by atoms with van der Waals surface area (Å²) in [6.07, 6.45) is 9.04. The number of carbonyl (C=O) groups excluding carboxylic acids is 1. The molecule has 7 heteroatoms. The van der Waals surface area contributed by atoms with Crippen molar-refractivity contribution < 1.29 is 14.1 Å². The van der Waals surface area contributed by atoms with Crippen LogP contribution >= 0.6 is 0 Å². The third kappa shape index (κ3) is 3.22. The van der Waals surface area contributed by atoms with E-state index in [1.54, 1.807) is 6.26 Å². The molecule has 5 rings (SSSR count). The third-order valence-electron chi connectivity index (χ3n) is 7.49. The van der Waals surface area contributed by atoms with E-state index < -0.39 is 0 Å². The lowest BCUT2D eigenvalue weighted by molar-refractivity contribution is -0.105. The smallest absolute Gasteiger partial charge is 0.409 e. The number of rotatable bonds is 4. The van der Waals surface area contributed by atoms with Crippen LogP contribution in [0.2, 0.25) is 0 Å². The second-order valence-corrected chi connectivity index (χ2v) is 9.20. The average molecular weight is 389 g/mol. The maximum absolute atomic E-state index is 11.8. The number of aromatic nitrogens is 1. The van der Waals surface area contributed by atoms with Crippen LogP contribution in [0.1, 0.15) is 57.2 Å². The van der Waals surface area contributed by atoms with Gasteiger partial charge in [0, 0.05) is 36.7 Å². The standard InChI is InChI=1S/C21H32N4O3/c1-2-27-20(26)24-14-21(15-24)12-17(13-21)23-9-5-16(6-10-23)25-8-3-4-19(25)18-7-11-28-22-18/h7,11,16-17,19H,2-6,8-10,12-15H2,1H3. The van der Waals surface area contributed by atoms with Gasteiger partial charge in [0.2, 0.25) is 0 Å². The summed E-state index contributed by atoms with van der Waals surface area (Å²) in [6.45, 7) is 7.72. The summed E-state index contributed by atoms with van der Waals surface area (Å²) in [6, 6.07) is 3.88. The van der Waals surface area contributed by atoms with E-state index in [0.29, 0.717) is 24.1 Å². The maximum Gasteiger partial charge on any atom is 0.409 e. The Bertz CT molecular complexity index is 672. The monoisotopic (exact) mass is 388 g/mol. The minimum absolute atomic E-state index is 0.135. The molecular formula is C21H32N4O3. The van der Waals surface area contributed by atoms with Crippen molar-refractivity contribution in [2.24, 2.45) is 5.41 Å². The van der Waals surface area contributed by atoms with Gasteiger partial charge < -0.3 is 19.1 Å². The van der Waals surface area contributed by atoms with E-state index in [0.717, 1.165) is 24.8 Å². The Kier molecular flexibility index (Phi) is 4.83. The molecule has 1 aromatic heterocycles. The molecule has 1 saturated carbocycles. The Morgan fingerprint density at radius 3 is 2.68 bits per heavy atom. The summed E-state index contributed by atoms with van der Waals surface area (Å²) in [4.78, 5) is 19.0. The molecule has 0 bridgehead atoms. The van der Waals surface area contributed by atoms with E-state index in [1.807, 2.05) is 17.9 Å². The number of likely N-dealkylation sites (tertiary alicyclic amines) is 3. The Balaban J connectivity index is 1.08. The van der Waals surface area contributed by atoms with Gasteiger partial charge in [0.05, 0.1) is 12.6 Å². The van der Waals surface area contributed by atoms with Crippen LogP contribution in [0.3, 0.4) is 0 Å². The van der Waals surface area contributed by atoms with Gasteiger partial charge >= 0.3 is 6.09 Å². The number of ether oxygens (including phenoxy) is 1. The number of hydrogen-bond acceptors (Lipinski definition) is 6. The summed E-state index contributed by atoms with van der Waals surface area (Å²) < 4.78 is 10.2. The highest BCUT2D eigenvalue weighted by molar-refractivity contribution is 5.69. The second-order valence-electron chi connectivity index (χ2n) is 9.20. The molecule has 28 heavy (non-hydrogen) atoms. The first-order valence-electron chi connectivity index (χ1n) is 11.0. The Labute approximate surface area is 166 Å². The molecule has 1 amide bonds. The molecule has 1 atom stereocenters. The van der Waals surface area contributed by atoms with E-state index >= 15 is 0 Å². The number of carbonyl (C=O) groups is 1. The van der Waals surface area contributed by atoms with Gasteiger partial charge in [0.15, 0.2) is 0 Å². The predicted octanol–water partition coefficient (Wildman–Crippen LogP) is 2.90. The molecule has 1 aromatic rings. The first kappa shape index (κ1) is 18.4. The van der Waals surface area contributed by atoms with Crippen LogP contribution in [0.5, 0.6) is 0 Å². The zero-order valence-electron chi connectivity index (χ0n) is 16.9. The van der Waals surface area contributed by atoms with Crippen molar-refractivity contribution in [1.29, 1.82) is 0 Å². The van der Waals surface area contributed by atoms with Crippen LogP contribution in [0.4, 0.5) is 4.79 Å². The first-order valence-corrected chi connectivity index (χ1v) is 11.0. The number of piperidine rings is 1. The molecule has 0 aromatic carbocycles. The zero-order valence-corrected chi connectivity index (χ0v) is 16.9. The van der Waals surface area contributed by atoms with E-state index in [9.17, 15) is 4.79 Å². The second kappa shape index (κ2) is 7.34. The SMILES string of the molecule is CCOC(=O)N1CC2(CC(N3CCC(N4CCCC4c4ccon4)CC3)C2)C1. The fraction of sp³-hybridized carbons (Fsp3) is 0.810. The molecule has 4 aliphatic rings. The highest BCUT2D eigenvalue weighted by atomic mass is 16.6. The Morgan fingerprint density at radius 2 is 2.00 bits per heavy atom. The van der Waals surface area contributed by atoms with Gasteiger partial charge in [0.25, 0.3) is 0 Å². The van der Waals surface area contributed by atoms with Gasteiger partial charge in [-0.25, -0.2) is 4.79 Å². The third-order valence-corrected chi connectivity index (χ3v) is 7.49. The van der Waals surface area contributed by atoms with Crippen molar-refractivity contribution in [3.05, 3.63) is 18.0 Å². The molecule has 7 nitrogen and oxygen atoms in total. The van der Waals surface area contributed by atoms with Crippen molar-refractivity contribution in [2.45, 2.75) is 63.6 Å². The van der Waals surface area contributed by atoms with Gasteiger partial charge in [-0.2, -0.15) is 0 Å². The normalized spacial score (nSPS) is 29.0. The average Bonchev–Trinajstić information content (AvgIpc) is 3.31. The topological polar surface area (TPSA) is 62.1 Å². The van der Waals surface area contributed by atoms with Gasteiger partial charge in [-0.15, -0.1) is 0 Å². The van der Waals surface area contributed by atoms with Crippen molar-refractivity contribution in [3.63, 3.8) is 0 Å². The van der Waals surface area contributed by atoms with Crippen LogP contribution in [0.25, 0.3) is 0 Å². The predicted molar refractivity (Wildman–Crippen MR) is 104 cm³/mol. The van der Waals surface area contributed by atoms with E-state index in [1.165, 1.54) is 58.2 Å². The van der Waals surface area contributed by atoms with E-state index in [4.69, 9.17) is 9.26 Å². The van der Waals surface area contributed by atoms with Crippen molar-refractivity contribution in [3.8, 4) is 0 Å². The maximum atomic E-state index is 11.8. The van der Waals surface area contributed by atoms with Crippen LogP contribution in [0.15, 0.2) is 16.9 Å².